The third kappa shape index (κ3) is 3.42. The van der Waals surface area contributed by atoms with Crippen LogP contribution < -0.4 is 0 Å². The fraction of sp³-hybridized carbons (Fsp3) is 0.800. The third-order valence-electron chi connectivity index (χ3n) is 6.64. The van der Waals surface area contributed by atoms with Gasteiger partial charge in [0.05, 0.1) is 0 Å². The first kappa shape index (κ1) is 18.7. The van der Waals surface area contributed by atoms with Crippen molar-refractivity contribution in [3.05, 3.63) is 20.6 Å². The van der Waals surface area contributed by atoms with Gasteiger partial charge >= 0.3 is 144 Å². The molecule has 0 saturated heterocycles. The van der Waals surface area contributed by atoms with Crippen LogP contribution in [0.2, 0.25) is 39.9 Å². The molecule has 0 nitrogen and oxygen atoms in total. The molecule has 0 radical (unpaired) electrons. The molecular weight excluding hydrogens is 316 g/mol. The van der Waals surface area contributed by atoms with E-state index in [0.717, 1.165) is 5.92 Å². The van der Waals surface area contributed by atoms with Gasteiger partial charge in [0.1, 0.15) is 0 Å². The predicted molar refractivity (Wildman–Crippen MR) is 101 cm³/mol. The van der Waals surface area contributed by atoms with Crippen molar-refractivity contribution >= 4 is 8.07 Å². The van der Waals surface area contributed by atoms with E-state index < -0.39 is 24.7 Å². The first-order valence-electron chi connectivity index (χ1n) is 9.30. The Bertz CT molecular complexity index is 509. The minimum absolute atomic E-state index is 0.509. The molecule has 2 rings (SSSR count). The van der Waals surface area contributed by atoms with Crippen molar-refractivity contribution in [3.63, 3.8) is 0 Å². The van der Waals surface area contributed by atoms with Gasteiger partial charge in [-0.05, 0) is 0 Å². The van der Waals surface area contributed by atoms with E-state index in [4.69, 9.17) is 0 Å². The predicted octanol–water partition coefficient (Wildman–Crippen LogP) is 7.57. The van der Waals surface area contributed by atoms with Crippen LogP contribution in [-0.2, 0) is 16.6 Å². The molecule has 1 unspecified atom stereocenters. The molecule has 0 aliphatic heterocycles. The molecule has 2 aliphatic rings. The first-order chi connectivity index (χ1) is 9.86. The van der Waals surface area contributed by atoms with Crippen molar-refractivity contribution in [1.29, 1.82) is 0 Å². The molecule has 2 aliphatic carbocycles. The van der Waals surface area contributed by atoms with Gasteiger partial charge in [0.25, 0.3) is 0 Å². The number of allylic oxidation sites excluding steroid dienone is 4. The molecule has 0 fully saturated rings. The van der Waals surface area contributed by atoms with Gasteiger partial charge in [-0.1, -0.05) is 0 Å². The van der Waals surface area contributed by atoms with Gasteiger partial charge in [-0.2, -0.15) is 0 Å². The Kier molecular flexibility index (Phi) is 5.15. The topological polar surface area (TPSA) is 0 Å². The average Bonchev–Trinajstić information content (AvgIpc) is 2.60. The third-order valence-corrected chi connectivity index (χ3v) is 15.6. The van der Waals surface area contributed by atoms with Crippen molar-refractivity contribution in [1.82, 2.24) is 0 Å². The Balaban J connectivity index is 2.43. The molecule has 0 aromatic rings. The Morgan fingerprint density at radius 2 is 1.59 bits per heavy atom. The Hall–Kier alpha value is 0.411. The van der Waals surface area contributed by atoms with Gasteiger partial charge in [0, 0.05) is 0 Å². The van der Waals surface area contributed by atoms with Crippen LogP contribution in [-0.4, -0.2) is 8.07 Å². The quantitative estimate of drug-likeness (QED) is 0.458. The summed E-state index contributed by atoms with van der Waals surface area (Å²) >= 11 is -1.76. The van der Waals surface area contributed by atoms with Crippen molar-refractivity contribution in [2.75, 3.05) is 0 Å². The average molecular weight is 354 g/mol. The fourth-order valence-electron chi connectivity index (χ4n) is 4.41. The molecule has 0 spiro atoms. The Morgan fingerprint density at radius 1 is 1.05 bits per heavy atom. The summed E-state index contributed by atoms with van der Waals surface area (Å²) in [5.74, 6) is 0.816. The van der Waals surface area contributed by atoms with Crippen LogP contribution in [0, 0.1) is 5.92 Å². The Morgan fingerprint density at radius 3 is 2.09 bits per heavy atom. The van der Waals surface area contributed by atoms with E-state index in [9.17, 15) is 0 Å². The van der Waals surface area contributed by atoms with Crippen LogP contribution in [0.3, 0.4) is 0 Å². The summed E-state index contributed by atoms with van der Waals surface area (Å²) in [5.41, 5.74) is 5.56. The molecule has 1 atom stereocenters. The number of hydrogen-bond acceptors (Lipinski definition) is 0. The molecule has 22 heavy (non-hydrogen) atoms. The summed E-state index contributed by atoms with van der Waals surface area (Å²) in [6.45, 7) is 15.2. The maximum atomic E-state index is 2.62. The van der Waals surface area contributed by atoms with E-state index in [-0.39, 0.29) is 0 Å². The van der Waals surface area contributed by atoms with E-state index in [1.165, 1.54) is 31.7 Å². The van der Waals surface area contributed by atoms with E-state index in [1.807, 2.05) is 20.6 Å². The van der Waals surface area contributed by atoms with Crippen molar-refractivity contribution in [2.45, 2.75) is 93.2 Å². The zero-order valence-electron chi connectivity index (χ0n) is 16.6. The first-order valence-corrected chi connectivity index (χ1v) is 18.0. The summed E-state index contributed by atoms with van der Waals surface area (Å²) in [5, 5.41) is 8.32. The zero-order valence-corrected chi connectivity index (χ0v) is 19.2. The van der Waals surface area contributed by atoms with Gasteiger partial charge < -0.3 is 0 Å². The molecule has 0 heterocycles. The van der Waals surface area contributed by atoms with Crippen molar-refractivity contribution in [2.24, 2.45) is 5.92 Å². The number of rotatable bonds is 3. The van der Waals surface area contributed by atoms with Crippen LogP contribution >= 0.6 is 0 Å². The van der Waals surface area contributed by atoms with E-state index in [0.29, 0.717) is 5.04 Å². The second-order valence-corrected chi connectivity index (χ2v) is 23.9. The SMILES string of the molecule is CC1=[C]([Ti]([CH3])([CH3])[CH3])C2=C(CCCC2)C1C[Si](C)(C)C(C)(C)C. The van der Waals surface area contributed by atoms with Gasteiger partial charge in [-0.15, -0.1) is 0 Å². The number of hydrogen-bond donors (Lipinski definition) is 0. The van der Waals surface area contributed by atoms with Crippen LogP contribution in [0.4, 0.5) is 0 Å². The van der Waals surface area contributed by atoms with Crippen molar-refractivity contribution in [3.8, 4) is 0 Å². The van der Waals surface area contributed by atoms with Crippen LogP contribution in [0.25, 0.3) is 0 Å². The second-order valence-electron chi connectivity index (χ2n) is 10.4. The summed E-state index contributed by atoms with van der Waals surface area (Å²) in [6.07, 6.45) is 5.65. The minimum atomic E-state index is -1.76. The molecule has 126 valence electrons. The van der Waals surface area contributed by atoms with Gasteiger partial charge in [-0.3, -0.25) is 0 Å². The molecule has 0 saturated carbocycles. The summed E-state index contributed by atoms with van der Waals surface area (Å²) in [4.78, 5) is 0. The fourth-order valence-corrected chi connectivity index (χ4v) is 10.6. The van der Waals surface area contributed by atoms with Gasteiger partial charge in [-0.25, -0.2) is 0 Å². The molecule has 0 aromatic heterocycles. The summed E-state index contributed by atoms with van der Waals surface area (Å²) < 4.78 is 1.92. The summed E-state index contributed by atoms with van der Waals surface area (Å²) in [7, 11) is -1.22. The normalized spacial score (nSPS) is 24.1. The van der Waals surface area contributed by atoms with Gasteiger partial charge in [0.2, 0.25) is 0 Å². The molecule has 0 N–H and O–H groups in total. The standard InChI is InChI=1S/C17H29Si.3CH3.Ti/c1-13-11-14-9-7-8-10-15(14)16(13)12-18(5,6)17(2,3)4;;;;/h16H,7-10,12H2,1-6H3;3*1H3;. The van der Waals surface area contributed by atoms with Crippen LogP contribution in [0.1, 0.15) is 53.4 Å². The molecule has 0 bridgehead atoms. The molecule has 2 heteroatoms. The second kappa shape index (κ2) is 6.05. The Labute approximate surface area is 144 Å². The van der Waals surface area contributed by atoms with E-state index in [2.05, 4.69) is 56.5 Å². The molecular formula is C20H38SiTi. The molecule has 0 aromatic carbocycles. The van der Waals surface area contributed by atoms with E-state index >= 15 is 0 Å². The van der Waals surface area contributed by atoms with Crippen molar-refractivity contribution < 1.29 is 16.6 Å². The monoisotopic (exact) mass is 354 g/mol. The maximum absolute atomic E-state index is 2.62. The van der Waals surface area contributed by atoms with Crippen LogP contribution in [0.5, 0.6) is 0 Å². The molecule has 0 amide bonds. The zero-order chi connectivity index (χ0) is 16.9. The van der Waals surface area contributed by atoms with Crippen LogP contribution in [0.15, 0.2) is 20.6 Å². The van der Waals surface area contributed by atoms with E-state index in [1.54, 1.807) is 0 Å². The van der Waals surface area contributed by atoms with Gasteiger partial charge in [0.15, 0.2) is 0 Å². The summed E-state index contributed by atoms with van der Waals surface area (Å²) in [6, 6.07) is 1.48.